The zero-order valence-corrected chi connectivity index (χ0v) is 13.5. The number of aromatic amines is 1. The molecule has 0 amide bonds. The maximum atomic E-state index is 12.8. The summed E-state index contributed by atoms with van der Waals surface area (Å²) in [6.45, 7) is 2.32. The Balaban J connectivity index is 1.83. The van der Waals surface area contributed by atoms with Gasteiger partial charge in [0.05, 0.1) is 6.61 Å². The topological polar surface area (TPSA) is 76.2 Å². The molecule has 25 heavy (non-hydrogen) atoms. The number of hydrogen-bond donors (Lipinski definition) is 1. The first-order valence-electron chi connectivity index (χ1n) is 8.07. The number of fused-ring (bicyclic) bond motifs is 2. The third kappa shape index (κ3) is 2.36. The Hall–Kier alpha value is -3.21. The lowest BCUT2D eigenvalue weighted by molar-refractivity contribution is 0.0888. The summed E-state index contributed by atoms with van der Waals surface area (Å²) >= 11 is 0. The molecule has 124 valence electrons. The molecule has 1 aromatic heterocycles. The number of nitrogens with one attached hydrogen (secondary N) is 1. The molecule has 2 aromatic carbocycles. The van der Waals surface area contributed by atoms with E-state index in [2.05, 4.69) is 4.98 Å². The van der Waals surface area contributed by atoms with Crippen molar-refractivity contribution < 1.29 is 14.3 Å². The zero-order valence-electron chi connectivity index (χ0n) is 13.5. The van der Waals surface area contributed by atoms with E-state index in [0.717, 1.165) is 0 Å². The quantitative estimate of drug-likeness (QED) is 0.747. The Labute approximate surface area is 143 Å². The Morgan fingerprint density at radius 2 is 1.72 bits per heavy atom. The summed E-state index contributed by atoms with van der Waals surface area (Å²) in [7, 11) is 0. The highest BCUT2D eigenvalue weighted by atomic mass is 16.5. The molecule has 1 aliphatic rings. The Morgan fingerprint density at radius 1 is 0.960 bits per heavy atom. The van der Waals surface area contributed by atoms with E-state index in [1.165, 1.54) is 6.07 Å². The van der Waals surface area contributed by atoms with E-state index >= 15 is 0 Å². The van der Waals surface area contributed by atoms with Gasteiger partial charge in [-0.3, -0.25) is 14.4 Å². The number of ketones is 2. The lowest BCUT2D eigenvalue weighted by Gasteiger charge is -2.09. The average Bonchev–Trinajstić information content (AvgIpc) is 2.86. The molecule has 1 N–H and O–H groups in total. The summed E-state index contributed by atoms with van der Waals surface area (Å²) in [6, 6.07) is 13.3. The second kappa shape index (κ2) is 5.70. The number of aromatic nitrogens is 1. The van der Waals surface area contributed by atoms with Crippen LogP contribution in [0.4, 0.5) is 0 Å². The number of para-hydroxylation sites is 1. The standard InChI is InChI=1S/C20H15NO4/c1-2-25-11-7-8-12-14(9-11)20(24)18(19(12)23)16-10-17(22)13-5-3-4-6-15(13)21-16/h3-10,18H,2H2,1H3,(H,21,22). The van der Waals surface area contributed by atoms with E-state index in [0.29, 0.717) is 40.1 Å². The number of H-pyrrole nitrogens is 1. The van der Waals surface area contributed by atoms with Gasteiger partial charge in [0, 0.05) is 33.8 Å². The van der Waals surface area contributed by atoms with Crippen LogP contribution in [0.1, 0.15) is 39.3 Å². The highest BCUT2D eigenvalue weighted by molar-refractivity contribution is 6.29. The van der Waals surface area contributed by atoms with Crippen molar-refractivity contribution in [2.24, 2.45) is 0 Å². The fourth-order valence-corrected chi connectivity index (χ4v) is 3.28. The first-order valence-corrected chi connectivity index (χ1v) is 8.07. The number of hydrogen-bond acceptors (Lipinski definition) is 4. The van der Waals surface area contributed by atoms with Gasteiger partial charge in [-0.1, -0.05) is 12.1 Å². The van der Waals surface area contributed by atoms with Gasteiger partial charge in [-0.05, 0) is 37.3 Å². The van der Waals surface area contributed by atoms with Crippen LogP contribution in [0.25, 0.3) is 10.9 Å². The number of pyridine rings is 1. The maximum absolute atomic E-state index is 12.8. The van der Waals surface area contributed by atoms with Gasteiger partial charge in [0.1, 0.15) is 11.7 Å². The molecule has 0 radical (unpaired) electrons. The molecule has 0 bridgehead atoms. The zero-order chi connectivity index (χ0) is 17.6. The summed E-state index contributed by atoms with van der Waals surface area (Å²) in [6.07, 6.45) is 0. The summed E-state index contributed by atoms with van der Waals surface area (Å²) in [5.41, 5.74) is 1.43. The van der Waals surface area contributed by atoms with E-state index in [9.17, 15) is 14.4 Å². The molecule has 0 spiro atoms. The minimum atomic E-state index is -1.01. The molecule has 1 heterocycles. The number of ether oxygens (including phenoxy) is 1. The molecule has 0 saturated carbocycles. The van der Waals surface area contributed by atoms with Crippen molar-refractivity contribution >= 4 is 22.5 Å². The molecule has 0 saturated heterocycles. The number of carbonyl (C=O) groups is 2. The van der Waals surface area contributed by atoms with Crippen molar-refractivity contribution in [3.8, 4) is 5.75 Å². The molecule has 5 nitrogen and oxygen atoms in total. The fraction of sp³-hybridized carbons (Fsp3) is 0.150. The van der Waals surface area contributed by atoms with Crippen LogP contribution in [-0.4, -0.2) is 23.2 Å². The van der Waals surface area contributed by atoms with Crippen LogP contribution >= 0.6 is 0 Å². The summed E-state index contributed by atoms with van der Waals surface area (Å²) in [5, 5.41) is 0.528. The smallest absolute Gasteiger partial charge is 0.189 e. The van der Waals surface area contributed by atoms with Gasteiger partial charge in [-0.2, -0.15) is 0 Å². The van der Waals surface area contributed by atoms with Gasteiger partial charge in [-0.25, -0.2) is 0 Å². The minimum Gasteiger partial charge on any atom is -0.494 e. The van der Waals surface area contributed by atoms with Crippen LogP contribution in [0.2, 0.25) is 0 Å². The molecule has 0 aliphatic heterocycles. The Bertz CT molecular complexity index is 1080. The van der Waals surface area contributed by atoms with Crippen LogP contribution in [0.3, 0.4) is 0 Å². The van der Waals surface area contributed by atoms with Crippen molar-refractivity contribution in [1.29, 1.82) is 0 Å². The van der Waals surface area contributed by atoms with Crippen molar-refractivity contribution in [2.45, 2.75) is 12.8 Å². The minimum absolute atomic E-state index is 0.212. The number of benzene rings is 2. The predicted molar refractivity (Wildman–Crippen MR) is 93.6 cm³/mol. The highest BCUT2D eigenvalue weighted by Gasteiger charge is 2.40. The molecule has 3 aromatic rings. The van der Waals surface area contributed by atoms with Gasteiger partial charge in [0.15, 0.2) is 17.0 Å². The Morgan fingerprint density at radius 3 is 2.52 bits per heavy atom. The van der Waals surface area contributed by atoms with Crippen LogP contribution in [0.15, 0.2) is 53.3 Å². The van der Waals surface area contributed by atoms with Gasteiger partial charge in [-0.15, -0.1) is 0 Å². The Kier molecular flexibility index (Phi) is 3.50. The normalized spacial score (nSPS) is 16.3. The van der Waals surface area contributed by atoms with Crippen LogP contribution in [0.5, 0.6) is 5.75 Å². The highest BCUT2D eigenvalue weighted by Crippen LogP contribution is 2.35. The van der Waals surface area contributed by atoms with Crippen molar-refractivity contribution in [2.75, 3.05) is 6.61 Å². The number of carbonyl (C=O) groups excluding carboxylic acids is 2. The van der Waals surface area contributed by atoms with E-state index in [-0.39, 0.29) is 17.0 Å². The monoisotopic (exact) mass is 333 g/mol. The van der Waals surface area contributed by atoms with E-state index < -0.39 is 5.92 Å². The number of Topliss-reactive ketones (excluding diaryl/α,β-unsaturated/α-hetero) is 2. The third-order valence-electron chi connectivity index (χ3n) is 4.43. The fourth-order valence-electron chi connectivity index (χ4n) is 3.28. The lowest BCUT2D eigenvalue weighted by Crippen LogP contribution is -2.17. The SMILES string of the molecule is CCOc1ccc2c(c1)C(=O)C(c1cc(=O)c3ccccc3[nH]1)C2=O. The van der Waals surface area contributed by atoms with Crippen LogP contribution < -0.4 is 10.2 Å². The second-order valence-electron chi connectivity index (χ2n) is 5.94. The molecular weight excluding hydrogens is 318 g/mol. The second-order valence-corrected chi connectivity index (χ2v) is 5.94. The van der Waals surface area contributed by atoms with Crippen molar-refractivity contribution in [1.82, 2.24) is 4.98 Å². The van der Waals surface area contributed by atoms with Crippen molar-refractivity contribution in [3.63, 3.8) is 0 Å². The van der Waals surface area contributed by atoms with E-state index in [1.807, 2.05) is 6.92 Å². The molecule has 1 unspecified atom stereocenters. The van der Waals surface area contributed by atoms with Gasteiger partial charge in [0.25, 0.3) is 0 Å². The first-order chi connectivity index (χ1) is 12.1. The van der Waals surface area contributed by atoms with Crippen molar-refractivity contribution in [3.05, 3.63) is 75.6 Å². The predicted octanol–water partition coefficient (Wildman–Crippen LogP) is 3.09. The van der Waals surface area contributed by atoms with Crippen LogP contribution in [0, 0.1) is 0 Å². The number of rotatable bonds is 3. The third-order valence-corrected chi connectivity index (χ3v) is 4.43. The van der Waals surface area contributed by atoms with E-state index in [1.54, 1.807) is 42.5 Å². The summed E-state index contributed by atoms with van der Waals surface area (Å²) < 4.78 is 5.41. The van der Waals surface area contributed by atoms with E-state index in [4.69, 9.17) is 4.74 Å². The molecule has 0 fully saturated rings. The van der Waals surface area contributed by atoms with Gasteiger partial charge < -0.3 is 9.72 Å². The molecule has 4 rings (SSSR count). The molecule has 1 atom stereocenters. The summed E-state index contributed by atoms with van der Waals surface area (Å²) in [4.78, 5) is 40.9. The molecule has 1 aliphatic carbocycles. The van der Waals surface area contributed by atoms with Gasteiger partial charge >= 0.3 is 0 Å². The summed E-state index contributed by atoms with van der Waals surface area (Å²) in [5.74, 6) is -1.07. The van der Waals surface area contributed by atoms with Gasteiger partial charge in [0.2, 0.25) is 0 Å². The molecular formula is C20H15NO4. The van der Waals surface area contributed by atoms with Crippen LogP contribution in [-0.2, 0) is 0 Å². The largest absolute Gasteiger partial charge is 0.494 e. The average molecular weight is 333 g/mol. The maximum Gasteiger partial charge on any atom is 0.189 e. The first kappa shape index (κ1) is 15.3. The molecule has 5 heteroatoms. The lowest BCUT2D eigenvalue weighted by atomic mass is 9.98.